The highest BCUT2D eigenvalue weighted by atomic mass is 16.3. The molecule has 0 aliphatic heterocycles. The van der Waals surface area contributed by atoms with Crippen molar-refractivity contribution in [3.8, 4) is 0 Å². The lowest BCUT2D eigenvalue weighted by atomic mass is 10.2. The summed E-state index contributed by atoms with van der Waals surface area (Å²) in [6.45, 7) is 0. The van der Waals surface area contributed by atoms with Gasteiger partial charge in [0.05, 0.1) is 6.21 Å². The Labute approximate surface area is 102 Å². The molecule has 0 aliphatic rings. The number of hydrogen-bond donors (Lipinski definition) is 1. The third kappa shape index (κ3) is 2.34. The second-order valence-corrected chi connectivity index (χ2v) is 3.36. The van der Waals surface area contributed by atoms with E-state index in [1.54, 1.807) is 0 Å². The summed E-state index contributed by atoms with van der Waals surface area (Å²) in [5, 5.41) is 21.0. The summed E-state index contributed by atoms with van der Waals surface area (Å²) in [6, 6.07) is 9.24. The minimum atomic E-state index is -0.676. The monoisotopic (exact) mass is 244 g/mol. The molecule has 0 fully saturated rings. The van der Waals surface area contributed by atoms with Crippen molar-refractivity contribution >= 4 is 12.1 Å². The number of rotatable bonds is 3. The van der Waals surface area contributed by atoms with Crippen molar-refractivity contribution in [2.45, 2.75) is 0 Å². The minimum Gasteiger partial charge on any atom is -0.857 e. The van der Waals surface area contributed by atoms with Crippen LogP contribution in [0.4, 0.5) is 0 Å². The molecule has 0 aliphatic carbocycles. The first-order valence-electron chi connectivity index (χ1n) is 5.13. The number of hydrogen-bond acceptors (Lipinski definition) is 5. The lowest BCUT2D eigenvalue weighted by molar-refractivity contribution is -0.213. The van der Waals surface area contributed by atoms with Gasteiger partial charge in [0.2, 0.25) is 0 Å². The fraction of sp³-hybridized carbons (Fsp3) is 0.0909. The third-order valence-electron chi connectivity index (χ3n) is 2.18. The molecule has 92 valence electrons. The van der Waals surface area contributed by atoms with Gasteiger partial charge in [0.15, 0.2) is 5.69 Å². The maximum Gasteiger partial charge on any atom is 0.316 e. The fourth-order valence-corrected chi connectivity index (χ4v) is 1.28. The Morgan fingerprint density at radius 3 is 2.83 bits per heavy atom. The molecular formula is C11H10N5O2-. The SMILES string of the molecule is CN=C([O-])c1n[nH]n(N=Cc2ccccc2)c1=O. The summed E-state index contributed by atoms with van der Waals surface area (Å²) in [6.07, 6.45) is 1.48. The van der Waals surface area contributed by atoms with Gasteiger partial charge in [0.25, 0.3) is 0 Å². The van der Waals surface area contributed by atoms with E-state index in [-0.39, 0.29) is 5.69 Å². The van der Waals surface area contributed by atoms with Crippen LogP contribution in [-0.2, 0) is 0 Å². The Kier molecular flexibility index (Phi) is 3.33. The van der Waals surface area contributed by atoms with Gasteiger partial charge in [-0.25, -0.2) is 0 Å². The molecule has 1 heterocycles. The van der Waals surface area contributed by atoms with Crippen LogP contribution in [0, 0.1) is 0 Å². The van der Waals surface area contributed by atoms with Gasteiger partial charge in [0.1, 0.15) is 0 Å². The fourth-order valence-electron chi connectivity index (χ4n) is 1.28. The van der Waals surface area contributed by atoms with E-state index in [4.69, 9.17) is 0 Å². The Balaban J connectivity index is 2.29. The largest absolute Gasteiger partial charge is 0.857 e. The number of nitrogens with one attached hydrogen (secondary N) is 1. The van der Waals surface area contributed by atoms with E-state index in [9.17, 15) is 9.90 Å². The summed E-state index contributed by atoms with van der Waals surface area (Å²) in [5.74, 6) is -0.676. The van der Waals surface area contributed by atoms with E-state index in [0.29, 0.717) is 0 Å². The van der Waals surface area contributed by atoms with Gasteiger partial charge >= 0.3 is 5.56 Å². The highest BCUT2D eigenvalue weighted by molar-refractivity contribution is 5.87. The van der Waals surface area contributed by atoms with Gasteiger partial charge in [-0.3, -0.25) is 4.79 Å². The third-order valence-corrected chi connectivity index (χ3v) is 2.18. The normalized spacial score (nSPS) is 12.2. The van der Waals surface area contributed by atoms with Gasteiger partial charge in [-0.1, -0.05) is 30.3 Å². The highest BCUT2D eigenvalue weighted by Gasteiger charge is 2.06. The second kappa shape index (κ2) is 5.09. The Bertz CT molecular complexity index is 639. The first kappa shape index (κ1) is 11.8. The number of aromatic nitrogens is 3. The summed E-state index contributed by atoms with van der Waals surface area (Å²) in [7, 11) is 1.30. The molecule has 0 bridgehead atoms. The molecule has 0 saturated carbocycles. The first-order valence-corrected chi connectivity index (χ1v) is 5.13. The Morgan fingerprint density at radius 1 is 1.44 bits per heavy atom. The Morgan fingerprint density at radius 2 is 2.17 bits per heavy atom. The molecule has 2 rings (SSSR count). The first-order chi connectivity index (χ1) is 8.72. The number of benzene rings is 1. The molecule has 0 saturated heterocycles. The van der Waals surface area contributed by atoms with Crippen LogP contribution in [0.2, 0.25) is 0 Å². The molecular weight excluding hydrogens is 234 g/mol. The zero-order valence-electron chi connectivity index (χ0n) is 9.57. The van der Waals surface area contributed by atoms with Crippen molar-refractivity contribution in [1.82, 2.24) is 15.1 Å². The van der Waals surface area contributed by atoms with Gasteiger partial charge in [-0.05, 0) is 5.56 Å². The van der Waals surface area contributed by atoms with Crippen LogP contribution in [0.5, 0.6) is 0 Å². The van der Waals surface area contributed by atoms with Crippen molar-refractivity contribution in [2.24, 2.45) is 10.1 Å². The van der Waals surface area contributed by atoms with Crippen LogP contribution in [0.3, 0.4) is 0 Å². The maximum absolute atomic E-state index is 11.7. The second-order valence-electron chi connectivity index (χ2n) is 3.36. The smallest absolute Gasteiger partial charge is 0.316 e. The number of aliphatic imine (C=N–C) groups is 1. The minimum absolute atomic E-state index is 0.275. The topological polar surface area (TPSA) is 98.5 Å². The van der Waals surface area contributed by atoms with E-state index in [1.807, 2.05) is 30.3 Å². The average Bonchev–Trinajstić information content (AvgIpc) is 2.78. The van der Waals surface area contributed by atoms with Crippen LogP contribution < -0.4 is 10.7 Å². The van der Waals surface area contributed by atoms with Crippen LogP contribution in [0.15, 0.2) is 45.2 Å². The van der Waals surface area contributed by atoms with Crippen molar-refractivity contribution in [3.05, 3.63) is 51.9 Å². The molecule has 7 heteroatoms. The van der Waals surface area contributed by atoms with Crippen molar-refractivity contribution in [2.75, 3.05) is 7.05 Å². The van der Waals surface area contributed by atoms with Crippen LogP contribution in [0.25, 0.3) is 0 Å². The quantitative estimate of drug-likeness (QED) is 0.564. The van der Waals surface area contributed by atoms with Crippen molar-refractivity contribution < 1.29 is 5.11 Å². The zero-order valence-corrected chi connectivity index (χ0v) is 9.57. The molecule has 18 heavy (non-hydrogen) atoms. The molecule has 0 radical (unpaired) electrons. The zero-order chi connectivity index (χ0) is 13.0. The molecule has 0 spiro atoms. The molecule has 1 N–H and O–H groups in total. The summed E-state index contributed by atoms with van der Waals surface area (Å²) >= 11 is 0. The molecule has 7 nitrogen and oxygen atoms in total. The predicted octanol–water partition coefficient (Wildman–Crippen LogP) is -0.810. The van der Waals surface area contributed by atoms with E-state index in [0.717, 1.165) is 10.4 Å². The van der Waals surface area contributed by atoms with E-state index in [2.05, 4.69) is 20.4 Å². The van der Waals surface area contributed by atoms with Crippen LogP contribution >= 0.6 is 0 Å². The summed E-state index contributed by atoms with van der Waals surface area (Å²) in [5.41, 5.74) is -0.0763. The molecule has 0 unspecified atom stereocenters. The number of aromatic amines is 1. The van der Waals surface area contributed by atoms with Crippen molar-refractivity contribution in [1.29, 1.82) is 0 Å². The van der Waals surface area contributed by atoms with Crippen molar-refractivity contribution in [3.63, 3.8) is 0 Å². The summed E-state index contributed by atoms with van der Waals surface area (Å²) < 4.78 is 0. The molecule has 1 aromatic carbocycles. The van der Waals surface area contributed by atoms with Crippen LogP contribution in [-0.4, -0.2) is 34.3 Å². The molecule has 0 atom stereocenters. The van der Waals surface area contributed by atoms with Crippen LogP contribution in [0.1, 0.15) is 11.3 Å². The van der Waals surface area contributed by atoms with E-state index < -0.39 is 11.5 Å². The lowest BCUT2D eigenvalue weighted by Crippen LogP contribution is -2.27. The molecule has 1 aromatic heterocycles. The molecule has 0 amide bonds. The maximum atomic E-state index is 11.7. The predicted molar refractivity (Wildman–Crippen MR) is 64.7 cm³/mol. The highest BCUT2D eigenvalue weighted by Crippen LogP contribution is 1.93. The number of H-pyrrole nitrogens is 1. The Hall–Kier alpha value is -2.70. The average molecular weight is 244 g/mol. The van der Waals surface area contributed by atoms with Gasteiger partial charge in [0, 0.05) is 12.9 Å². The summed E-state index contributed by atoms with van der Waals surface area (Å²) in [4.78, 5) is 15.9. The van der Waals surface area contributed by atoms with Gasteiger partial charge in [-0.2, -0.15) is 15.4 Å². The lowest BCUT2D eigenvalue weighted by Gasteiger charge is -2.01. The van der Waals surface area contributed by atoms with E-state index >= 15 is 0 Å². The molecule has 2 aromatic rings. The standard InChI is InChI=1S/C11H11N5O2/c1-12-10(17)9-11(18)16(15-14-9)13-7-8-5-3-2-4-6-8/h2-7,15H,1H3,(H,12,17)/p-1. The van der Waals surface area contributed by atoms with E-state index in [1.165, 1.54) is 13.3 Å². The van der Waals surface area contributed by atoms with Gasteiger partial charge < -0.3 is 10.1 Å². The van der Waals surface area contributed by atoms with Gasteiger partial charge in [-0.15, -0.1) is 4.79 Å². The number of nitrogens with zero attached hydrogens (tertiary/aromatic N) is 4.